The van der Waals surface area contributed by atoms with Gasteiger partial charge in [0, 0.05) is 26.4 Å². The lowest BCUT2D eigenvalue weighted by molar-refractivity contribution is -0.139. The lowest BCUT2D eigenvalue weighted by Crippen LogP contribution is -2.42. The van der Waals surface area contributed by atoms with E-state index in [1.165, 1.54) is 4.90 Å². The van der Waals surface area contributed by atoms with Crippen molar-refractivity contribution in [2.75, 3.05) is 20.7 Å². The van der Waals surface area contributed by atoms with E-state index in [0.29, 0.717) is 0 Å². The molecule has 0 fully saturated rings. The van der Waals surface area contributed by atoms with Crippen molar-refractivity contribution in [1.29, 1.82) is 0 Å². The number of aliphatic carboxylic acids is 1. The quantitative estimate of drug-likeness (QED) is 0.750. The Morgan fingerprint density at radius 1 is 1.03 bits per heavy atom. The zero-order valence-electron chi connectivity index (χ0n) is 16.4. The largest absolute Gasteiger partial charge is 0.480 e. The first-order valence-corrected chi connectivity index (χ1v) is 9.43. The third kappa shape index (κ3) is 4.56. The Bertz CT molecular complexity index is 879. The minimum atomic E-state index is -1.20. The molecular weight excluding hydrogens is 372 g/mol. The molecule has 7 nitrogen and oxygen atoms in total. The Balaban J connectivity index is 1.63. The second-order valence-electron chi connectivity index (χ2n) is 7.19. The lowest BCUT2D eigenvalue weighted by Gasteiger charge is -2.18. The molecule has 2 aromatic carbocycles. The Labute approximate surface area is 169 Å². The van der Waals surface area contributed by atoms with E-state index in [9.17, 15) is 19.5 Å². The minimum Gasteiger partial charge on any atom is -0.480 e. The first-order chi connectivity index (χ1) is 13.9. The summed E-state index contributed by atoms with van der Waals surface area (Å²) in [4.78, 5) is 36.7. The Morgan fingerprint density at radius 3 is 2.10 bits per heavy atom. The van der Waals surface area contributed by atoms with Gasteiger partial charge in [-0.3, -0.25) is 4.79 Å². The Kier molecular flexibility index (Phi) is 6.16. The highest BCUT2D eigenvalue weighted by atomic mass is 16.5. The molecule has 1 unspecified atom stereocenters. The number of carboxylic acids is 1. The van der Waals surface area contributed by atoms with Gasteiger partial charge in [-0.1, -0.05) is 48.5 Å². The van der Waals surface area contributed by atoms with Gasteiger partial charge in [0.15, 0.2) is 0 Å². The third-order valence-electron chi connectivity index (χ3n) is 5.08. The number of alkyl carbamates (subject to hydrolysis) is 1. The van der Waals surface area contributed by atoms with Gasteiger partial charge in [-0.05, 0) is 28.7 Å². The van der Waals surface area contributed by atoms with Crippen LogP contribution in [-0.4, -0.2) is 54.7 Å². The molecule has 7 heteroatoms. The summed E-state index contributed by atoms with van der Waals surface area (Å²) >= 11 is 0. The minimum absolute atomic E-state index is 0.00343. The summed E-state index contributed by atoms with van der Waals surface area (Å²) in [6.45, 7) is 0.100. The van der Waals surface area contributed by atoms with Gasteiger partial charge in [0.1, 0.15) is 12.6 Å². The van der Waals surface area contributed by atoms with E-state index in [1.807, 2.05) is 48.5 Å². The van der Waals surface area contributed by atoms with Crippen LogP contribution in [0.3, 0.4) is 0 Å². The van der Waals surface area contributed by atoms with Crippen molar-refractivity contribution in [2.45, 2.75) is 24.8 Å². The van der Waals surface area contributed by atoms with Crippen molar-refractivity contribution in [3.63, 3.8) is 0 Å². The van der Waals surface area contributed by atoms with E-state index in [0.717, 1.165) is 22.3 Å². The molecule has 0 heterocycles. The molecule has 2 aromatic rings. The van der Waals surface area contributed by atoms with Crippen molar-refractivity contribution >= 4 is 18.0 Å². The fourth-order valence-corrected chi connectivity index (χ4v) is 3.53. The van der Waals surface area contributed by atoms with Crippen molar-refractivity contribution < 1.29 is 24.2 Å². The third-order valence-corrected chi connectivity index (χ3v) is 5.08. The number of nitrogens with one attached hydrogen (secondary N) is 1. The number of carbonyl (C=O) groups excluding carboxylic acids is 2. The van der Waals surface area contributed by atoms with E-state index in [4.69, 9.17) is 4.74 Å². The molecular formula is C22H24N2O5. The maximum Gasteiger partial charge on any atom is 0.407 e. The Hall–Kier alpha value is -3.35. The van der Waals surface area contributed by atoms with Crippen LogP contribution in [0, 0.1) is 0 Å². The summed E-state index contributed by atoms with van der Waals surface area (Å²) in [7, 11) is 3.19. The number of rotatable bonds is 7. The highest BCUT2D eigenvalue weighted by Gasteiger charge is 2.29. The normalized spacial score (nSPS) is 13.2. The van der Waals surface area contributed by atoms with Gasteiger partial charge in [-0.15, -0.1) is 0 Å². The van der Waals surface area contributed by atoms with E-state index in [1.54, 1.807) is 14.1 Å². The van der Waals surface area contributed by atoms with Crippen LogP contribution >= 0.6 is 0 Å². The van der Waals surface area contributed by atoms with E-state index >= 15 is 0 Å². The van der Waals surface area contributed by atoms with Gasteiger partial charge in [-0.25, -0.2) is 9.59 Å². The van der Waals surface area contributed by atoms with Crippen LogP contribution < -0.4 is 5.32 Å². The molecule has 0 aromatic heterocycles. The highest BCUT2D eigenvalue weighted by Crippen LogP contribution is 2.44. The molecule has 3 rings (SSSR count). The summed E-state index contributed by atoms with van der Waals surface area (Å²) in [6, 6.07) is 14.7. The first-order valence-electron chi connectivity index (χ1n) is 9.43. The van der Waals surface area contributed by atoms with Gasteiger partial charge < -0.3 is 20.1 Å². The SMILES string of the molecule is CN(C)C(=O)CCC(NC(=O)OCC1c2ccccc2-c2ccccc21)C(=O)O. The topological polar surface area (TPSA) is 95.9 Å². The standard InChI is InChI=1S/C22H24N2O5/c1-24(2)20(25)12-11-19(21(26)27)23-22(28)29-13-18-16-9-5-3-7-14(16)15-8-4-6-10-17(15)18/h3-10,18-19H,11-13H2,1-2H3,(H,23,28)(H,26,27). The van der Waals surface area contributed by atoms with E-state index in [2.05, 4.69) is 5.32 Å². The number of hydrogen-bond acceptors (Lipinski definition) is 4. The van der Waals surface area contributed by atoms with Crippen LogP contribution in [0.1, 0.15) is 29.9 Å². The molecule has 0 spiro atoms. The fraction of sp³-hybridized carbons (Fsp3) is 0.318. The molecule has 1 atom stereocenters. The molecule has 0 aliphatic heterocycles. The fourth-order valence-electron chi connectivity index (χ4n) is 3.53. The highest BCUT2D eigenvalue weighted by molar-refractivity contribution is 5.82. The summed E-state index contributed by atoms with van der Waals surface area (Å²) in [5.74, 6) is -1.51. The second-order valence-corrected chi connectivity index (χ2v) is 7.19. The van der Waals surface area contributed by atoms with Crippen LogP contribution in [0.25, 0.3) is 11.1 Å². The monoisotopic (exact) mass is 396 g/mol. The number of benzene rings is 2. The van der Waals surface area contributed by atoms with Gasteiger partial charge in [0.05, 0.1) is 0 Å². The zero-order valence-corrected chi connectivity index (χ0v) is 16.4. The van der Waals surface area contributed by atoms with Crippen LogP contribution in [0.15, 0.2) is 48.5 Å². The van der Waals surface area contributed by atoms with Crippen molar-refractivity contribution in [2.24, 2.45) is 0 Å². The van der Waals surface area contributed by atoms with Gasteiger partial charge in [0.25, 0.3) is 0 Å². The van der Waals surface area contributed by atoms with Gasteiger partial charge in [-0.2, -0.15) is 0 Å². The maximum absolute atomic E-state index is 12.2. The summed E-state index contributed by atoms with van der Waals surface area (Å²) in [5.41, 5.74) is 4.38. The number of nitrogens with zero attached hydrogens (tertiary/aromatic N) is 1. The molecule has 29 heavy (non-hydrogen) atoms. The zero-order chi connectivity index (χ0) is 21.0. The molecule has 1 aliphatic rings. The van der Waals surface area contributed by atoms with Crippen LogP contribution in [0.2, 0.25) is 0 Å². The van der Waals surface area contributed by atoms with Crippen molar-refractivity contribution in [3.8, 4) is 11.1 Å². The summed E-state index contributed by atoms with van der Waals surface area (Å²) in [5, 5.41) is 11.7. The van der Waals surface area contributed by atoms with Gasteiger partial charge >= 0.3 is 12.1 Å². The van der Waals surface area contributed by atoms with Crippen LogP contribution in [0.5, 0.6) is 0 Å². The van der Waals surface area contributed by atoms with Crippen LogP contribution in [-0.2, 0) is 14.3 Å². The maximum atomic E-state index is 12.2. The summed E-state index contributed by atoms with van der Waals surface area (Å²) in [6.07, 6.45) is -0.791. The first kappa shape index (κ1) is 20.4. The molecule has 0 saturated heterocycles. The number of carbonyl (C=O) groups is 3. The van der Waals surface area contributed by atoms with E-state index < -0.39 is 18.1 Å². The lowest BCUT2D eigenvalue weighted by atomic mass is 9.98. The second kappa shape index (κ2) is 8.77. The average molecular weight is 396 g/mol. The number of fused-ring (bicyclic) bond motifs is 3. The smallest absolute Gasteiger partial charge is 0.407 e. The molecule has 0 saturated carbocycles. The average Bonchev–Trinajstić information content (AvgIpc) is 3.03. The van der Waals surface area contributed by atoms with Crippen molar-refractivity contribution in [3.05, 3.63) is 59.7 Å². The van der Waals surface area contributed by atoms with Crippen molar-refractivity contribution in [1.82, 2.24) is 10.2 Å². The Morgan fingerprint density at radius 2 is 1.59 bits per heavy atom. The number of carboxylic acid groups (broad SMARTS) is 1. The number of amides is 2. The predicted octanol–water partition coefficient (Wildman–Crippen LogP) is 2.85. The number of ether oxygens (including phenoxy) is 1. The molecule has 2 N–H and O–H groups in total. The van der Waals surface area contributed by atoms with Crippen LogP contribution in [0.4, 0.5) is 4.79 Å². The summed E-state index contributed by atoms with van der Waals surface area (Å²) < 4.78 is 5.37. The molecule has 2 amide bonds. The predicted molar refractivity (Wildman–Crippen MR) is 108 cm³/mol. The molecule has 152 valence electrons. The molecule has 0 radical (unpaired) electrons. The van der Waals surface area contributed by atoms with E-state index in [-0.39, 0.29) is 31.3 Å². The molecule has 1 aliphatic carbocycles. The number of hydrogen-bond donors (Lipinski definition) is 2. The van der Waals surface area contributed by atoms with Gasteiger partial charge in [0.2, 0.25) is 5.91 Å². The molecule has 0 bridgehead atoms.